The fourth-order valence-electron chi connectivity index (χ4n) is 1.83. The maximum absolute atomic E-state index is 13.9. The number of carbonyl (C=O) groups is 1. The molecule has 0 atom stereocenters. The van der Waals surface area contributed by atoms with Crippen LogP contribution in [0.15, 0.2) is 42.5 Å². The minimum atomic E-state index is -0.577. The van der Waals surface area contributed by atoms with Gasteiger partial charge >= 0.3 is 5.97 Å². The van der Waals surface area contributed by atoms with E-state index in [1.807, 2.05) is 30.3 Å². The van der Waals surface area contributed by atoms with Crippen molar-refractivity contribution in [1.29, 1.82) is 0 Å². The first-order valence-electron chi connectivity index (χ1n) is 6.17. The fraction of sp³-hybridized carbons (Fsp3) is 0.188. The van der Waals surface area contributed by atoms with E-state index in [4.69, 9.17) is 4.74 Å². The molecular formula is C16H15FO3. The Balaban J connectivity index is 2.17. The summed E-state index contributed by atoms with van der Waals surface area (Å²) < 4.78 is 23.9. The maximum Gasteiger partial charge on any atom is 0.338 e. The molecule has 0 aliphatic heterocycles. The van der Waals surface area contributed by atoms with Gasteiger partial charge in [-0.2, -0.15) is 0 Å². The molecule has 104 valence electrons. The van der Waals surface area contributed by atoms with Crippen LogP contribution >= 0.6 is 0 Å². The van der Waals surface area contributed by atoms with Gasteiger partial charge in [-0.1, -0.05) is 30.3 Å². The van der Waals surface area contributed by atoms with E-state index in [-0.39, 0.29) is 17.9 Å². The van der Waals surface area contributed by atoms with E-state index in [2.05, 4.69) is 4.74 Å². The SMILES string of the molecule is COC(=O)c1cc(F)c(OCc2ccccc2)cc1C. The van der Waals surface area contributed by atoms with Crippen molar-refractivity contribution in [2.75, 3.05) is 7.11 Å². The highest BCUT2D eigenvalue weighted by Gasteiger charge is 2.14. The van der Waals surface area contributed by atoms with Crippen molar-refractivity contribution < 1.29 is 18.7 Å². The van der Waals surface area contributed by atoms with Crippen molar-refractivity contribution in [3.8, 4) is 5.75 Å². The average Bonchev–Trinajstić information content (AvgIpc) is 2.48. The number of carbonyl (C=O) groups excluding carboxylic acids is 1. The number of hydrogen-bond acceptors (Lipinski definition) is 3. The van der Waals surface area contributed by atoms with Gasteiger partial charge in [0.2, 0.25) is 0 Å². The molecule has 0 unspecified atom stereocenters. The monoisotopic (exact) mass is 274 g/mol. The van der Waals surface area contributed by atoms with Gasteiger partial charge in [0.1, 0.15) is 6.61 Å². The predicted octanol–water partition coefficient (Wildman–Crippen LogP) is 3.50. The number of halogens is 1. The first kappa shape index (κ1) is 14.1. The molecule has 0 spiro atoms. The zero-order valence-corrected chi connectivity index (χ0v) is 11.4. The van der Waals surface area contributed by atoms with E-state index >= 15 is 0 Å². The Bertz CT molecular complexity index is 609. The number of rotatable bonds is 4. The van der Waals surface area contributed by atoms with Crippen LogP contribution in [0.4, 0.5) is 4.39 Å². The van der Waals surface area contributed by atoms with Crippen molar-refractivity contribution >= 4 is 5.97 Å². The number of aryl methyl sites for hydroxylation is 1. The molecule has 2 rings (SSSR count). The molecule has 0 fully saturated rings. The molecule has 0 aliphatic rings. The van der Waals surface area contributed by atoms with Crippen molar-refractivity contribution in [1.82, 2.24) is 0 Å². The smallest absolute Gasteiger partial charge is 0.338 e. The lowest BCUT2D eigenvalue weighted by Crippen LogP contribution is -2.06. The molecule has 2 aromatic carbocycles. The molecule has 0 radical (unpaired) electrons. The normalized spacial score (nSPS) is 10.2. The van der Waals surface area contributed by atoms with Crippen LogP contribution in [0.1, 0.15) is 21.5 Å². The van der Waals surface area contributed by atoms with Crippen molar-refractivity contribution in [2.45, 2.75) is 13.5 Å². The van der Waals surface area contributed by atoms with E-state index in [0.717, 1.165) is 11.6 Å². The lowest BCUT2D eigenvalue weighted by molar-refractivity contribution is 0.0599. The summed E-state index contributed by atoms with van der Waals surface area (Å²) in [6, 6.07) is 12.1. The standard InChI is InChI=1S/C16H15FO3/c1-11-8-15(14(17)9-13(11)16(18)19-2)20-10-12-6-4-3-5-7-12/h3-9H,10H2,1-2H3. The van der Waals surface area contributed by atoms with Gasteiger partial charge in [-0.15, -0.1) is 0 Å². The third-order valence-electron chi connectivity index (χ3n) is 2.92. The van der Waals surface area contributed by atoms with Gasteiger partial charge in [0.05, 0.1) is 12.7 Å². The number of esters is 1. The Hall–Kier alpha value is -2.36. The summed E-state index contributed by atoms with van der Waals surface area (Å²) >= 11 is 0. The molecule has 0 aromatic heterocycles. The number of benzene rings is 2. The lowest BCUT2D eigenvalue weighted by atomic mass is 10.1. The van der Waals surface area contributed by atoms with E-state index < -0.39 is 11.8 Å². The van der Waals surface area contributed by atoms with E-state index in [1.165, 1.54) is 13.2 Å². The highest BCUT2D eigenvalue weighted by atomic mass is 19.1. The quantitative estimate of drug-likeness (QED) is 0.800. The summed E-state index contributed by atoms with van der Waals surface area (Å²) in [5.74, 6) is -1.01. The molecule has 0 bridgehead atoms. The summed E-state index contributed by atoms with van der Waals surface area (Å²) in [5.41, 5.74) is 1.76. The average molecular weight is 274 g/mol. The van der Waals surface area contributed by atoms with E-state index in [0.29, 0.717) is 5.56 Å². The summed E-state index contributed by atoms with van der Waals surface area (Å²) in [7, 11) is 1.26. The van der Waals surface area contributed by atoms with Crippen LogP contribution in [0.3, 0.4) is 0 Å². The topological polar surface area (TPSA) is 35.5 Å². The number of ether oxygens (including phenoxy) is 2. The maximum atomic E-state index is 13.9. The molecule has 0 heterocycles. The Morgan fingerprint density at radius 2 is 1.90 bits per heavy atom. The molecule has 0 aliphatic carbocycles. The first-order chi connectivity index (χ1) is 9.61. The van der Waals surface area contributed by atoms with Crippen molar-refractivity contribution in [2.24, 2.45) is 0 Å². The summed E-state index contributed by atoms with van der Waals surface area (Å²) in [5, 5.41) is 0. The molecule has 20 heavy (non-hydrogen) atoms. The number of methoxy groups -OCH3 is 1. The Kier molecular flexibility index (Phi) is 4.35. The Labute approximate surface area is 117 Å². The molecule has 3 nitrogen and oxygen atoms in total. The van der Waals surface area contributed by atoms with Crippen LogP contribution in [-0.2, 0) is 11.3 Å². The summed E-state index contributed by atoms with van der Waals surface area (Å²) in [6.45, 7) is 1.98. The van der Waals surface area contributed by atoms with Crippen LogP contribution in [-0.4, -0.2) is 13.1 Å². The molecule has 4 heteroatoms. The van der Waals surface area contributed by atoms with E-state index in [1.54, 1.807) is 6.92 Å². The number of hydrogen-bond donors (Lipinski definition) is 0. The molecular weight excluding hydrogens is 259 g/mol. The predicted molar refractivity (Wildman–Crippen MR) is 73.3 cm³/mol. The highest BCUT2D eigenvalue weighted by Crippen LogP contribution is 2.23. The summed E-state index contributed by atoms with van der Waals surface area (Å²) in [4.78, 5) is 11.4. The van der Waals surface area contributed by atoms with Crippen LogP contribution in [0.5, 0.6) is 5.75 Å². The lowest BCUT2D eigenvalue weighted by Gasteiger charge is -2.10. The molecule has 2 aromatic rings. The van der Waals surface area contributed by atoms with Gasteiger partial charge < -0.3 is 9.47 Å². The van der Waals surface area contributed by atoms with Gasteiger partial charge in [0.15, 0.2) is 11.6 Å². The molecule has 0 saturated heterocycles. The third-order valence-corrected chi connectivity index (χ3v) is 2.92. The van der Waals surface area contributed by atoms with Gasteiger partial charge in [0, 0.05) is 0 Å². The first-order valence-corrected chi connectivity index (χ1v) is 6.17. The third kappa shape index (κ3) is 3.15. The van der Waals surface area contributed by atoms with Crippen LogP contribution in [0, 0.1) is 12.7 Å². The van der Waals surface area contributed by atoms with Crippen LogP contribution in [0.2, 0.25) is 0 Å². The second kappa shape index (κ2) is 6.19. The van der Waals surface area contributed by atoms with Crippen molar-refractivity contribution in [3.63, 3.8) is 0 Å². The largest absolute Gasteiger partial charge is 0.486 e. The van der Waals surface area contributed by atoms with Crippen molar-refractivity contribution in [3.05, 3.63) is 65.0 Å². The van der Waals surface area contributed by atoms with E-state index in [9.17, 15) is 9.18 Å². The van der Waals surface area contributed by atoms with Crippen LogP contribution in [0.25, 0.3) is 0 Å². The minimum absolute atomic E-state index is 0.124. The van der Waals surface area contributed by atoms with Gasteiger partial charge in [-0.3, -0.25) is 0 Å². The highest BCUT2D eigenvalue weighted by molar-refractivity contribution is 5.91. The van der Waals surface area contributed by atoms with Gasteiger partial charge in [0.25, 0.3) is 0 Å². The molecule has 0 saturated carbocycles. The Morgan fingerprint density at radius 3 is 2.55 bits per heavy atom. The Morgan fingerprint density at radius 1 is 1.20 bits per heavy atom. The zero-order valence-electron chi connectivity index (χ0n) is 11.4. The summed E-state index contributed by atoms with van der Waals surface area (Å²) in [6.07, 6.45) is 0. The van der Waals surface area contributed by atoms with Gasteiger partial charge in [-0.05, 0) is 30.2 Å². The minimum Gasteiger partial charge on any atom is -0.486 e. The zero-order chi connectivity index (χ0) is 14.5. The second-order valence-electron chi connectivity index (χ2n) is 4.36. The fourth-order valence-corrected chi connectivity index (χ4v) is 1.83. The molecule has 0 N–H and O–H groups in total. The second-order valence-corrected chi connectivity index (χ2v) is 4.36. The molecule has 0 amide bonds. The van der Waals surface area contributed by atoms with Crippen LogP contribution < -0.4 is 4.74 Å². The van der Waals surface area contributed by atoms with Gasteiger partial charge in [-0.25, -0.2) is 9.18 Å².